The standard InChI is InChI=1S/C11H15NO3/c1-6-9-7(10(13)14)4-11(2,3)5-8(9)15-12-6/h7H,4-5H2,1-3H3,(H,13,14). The van der Waals surface area contributed by atoms with Crippen LogP contribution in [0.5, 0.6) is 0 Å². The maximum atomic E-state index is 11.2. The summed E-state index contributed by atoms with van der Waals surface area (Å²) in [6.45, 7) is 5.92. The zero-order chi connectivity index (χ0) is 11.2. The minimum atomic E-state index is -0.782. The predicted molar refractivity (Wildman–Crippen MR) is 53.7 cm³/mol. The zero-order valence-corrected chi connectivity index (χ0v) is 9.20. The summed E-state index contributed by atoms with van der Waals surface area (Å²) in [4.78, 5) is 11.2. The minimum absolute atomic E-state index is 0.0258. The second-order valence-electron chi connectivity index (χ2n) is 5.04. The Kier molecular flexibility index (Phi) is 2.10. The molecule has 0 aliphatic heterocycles. The van der Waals surface area contributed by atoms with Gasteiger partial charge in [-0.3, -0.25) is 4.79 Å². The van der Waals surface area contributed by atoms with Gasteiger partial charge in [0.15, 0.2) is 0 Å². The summed E-state index contributed by atoms with van der Waals surface area (Å²) < 4.78 is 5.19. The molecule has 0 spiro atoms. The van der Waals surface area contributed by atoms with E-state index in [1.807, 2.05) is 0 Å². The van der Waals surface area contributed by atoms with Crippen molar-refractivity contribution >= 4 is 5.97 Å². The Bertz CT molecular complexity index is 406. The molecule has 0 saturated carbocycles. The molecule has 1 atom stereocenters. The lowest BCUT2D eigenvalue weighted by atomic mass is 9.71. The molecule has 0 radical (unpaired) electrons. The van der Waals surface area contributed by atoms with Gasteiger partial charge >= 0.3 is 5.97 Å². The molecule has 1 aliphatic rings. The summed E-state index contributed by atoms with van der Waals surface area (Å²) in [5.41, 5.74) is 1.48. The van der Waals surface area contributed by atoms with Crippen LogP contribution in [0.2, 0.25) is 0 Å². The molecule has 4 nitrogen and oxygen atoms in total. The first-order valence-corrected chi connectivity index (χ1v) is 5.08. The molecule has 15 heavy (non-hydrogen) atoms. The van der Waals surface area contributed by atoms with Crippen LogP contribution < -0.4 is 0 Å². The summed E-state index contributed by atoms with van der Waals surface area (Å²) in [6.07, 6.45) is 1.42. The van der Waals surface area contributed by atoms with E-state index in [2.05, 4.69) is 19.0 Å². The first-order chi connectivity index (χ1) is 6.91. The lowest BCUT2D eigenvalue weighted by Crippen LogP contribution is -2.29. The van der Waals surface area contributed by atoms with Crippen molar-refractivity contribution in [1.82, 2.24) is 5.16 Å². The summed E-state index contributed by atoms with van der Waals surface area (Å²) in [5, 5.41) is 13.0. The van der Waals surface area contributed by atoms with Crippen LogP contribution in [0, 0.1) is 12.3 Å². The highest BCUT2D eigenvalue weighted by Crippen LogP contribution is 2.43. The average molecular weight is 209 g/mol. The Morgan fingerprint density at radius 1 is 1.60 bits per heavy atom. The SMILES string of the molecule is Cc1noc2c1C(C(=O)O)CC(C)(C)C2. The molecule has 4 heteroatoms. The van der Waals surface area contributed by atoms with Crippen molar-refractivity contribution in [3.8, 4) is 0 Å². The van der Waals surface area contributed by atoms with Gasteiger partial charge in [-0.1, -0.05) is 19.0 Å². The molecular formula is C11H15NO3. The number of carboxylic acid groups (broad SMARTS) is 1. The Morgan fingerprint density at radius 3 is 2.87 bits per heavy atom. The zero-order valence-electron chi connectivity index (χ0n) is 9.20. The van der Waals surface area contributed by atoms with Crippen molar-refractivity contribution in [3.63, 3.8) is 0 Å². The molecule has 0 fully saturated rings. The highest BCUT2D eigenvalue weighted by atomic mass is 16.5. The number of nitrogens with zero attached hydrogens (tertiary/aromatic N) is 1. The van der Waals surface area contributed by atoms with Crippen LogP contribution in [0.4, 0.5) is 0 Å². The average Bonchev–Trinajstić information content (AvgIpc) is 2.44. The minimum Gasteiger partial charge on any atom is -0.481 e. The van der Waals surface area contributed by atoms with Crippen LogP contribution in [0.1, 0.15) is 43.2 Å². The summed E-state index contributed by atoms with van der Waals surface area (Å²) in [7, 11) is 0. The third-order valence-corrected chi connectivity index (χ3v) is 3.03. The molecule has 0 saturated heterocycles. The quantitative estimate of drug-likeness (QED) is 0.769. The van der Waals surface area contributed by atoms with Crippen molar-refractivity contribution in [2.24, 2.45) is 5.41 Å². The smallest absolute Gasteiger partial charge is 0.311 e. The van der Waals surface area contributed by atoms with Gasteiger partial charge in [-0.2, -0.15) is 0 Å². The van der Waals surface area contributed by atoms with Gasteiger partial charge in [-0.25, -0.2) is 0 Å². The highest BCUT2D eigenvalue weighted by molar-refractivity contribution is 5.77. The lowest BCUT2D eigenvalue weighted by molar-refractivity contribution is -0.140. The molecule has 1 unspecified atom stereocenters. The number of hydrogen-bond acceptors (Lipinski definition) is 3. The Labute approximate surface area is 88.3 Å². The maximum absolute atomic E-state index is 11.2. The second kappa shape index (κ2) is 3.08. The summed E-state index contributed by atoms with van der Waals surface area (Å²) >= 11 is 0. The van der Waals surface area contributed by atoms with Gasteiger partial charge in [0.1, 0.15) is 5.76 Å². The van der Waals surface area contributed by atoms with E-state index in [-0.39, 0.29) is 5.41 Å². The first kappa shape index (κ1) is 10.2. The molecule has 82 valence electrons. The summed E-state index contributed by atoms with van der Waals surface area (Å²) in [6, 6.07) is 0. The van der Waals surface area contributed by atoms with Crippen LogP contribution in [-0.4, -0.2) is 16.2 Å². The van der Waals surface area contributed by atoms with E-state index in [1.165, 1.54) is 0 Å². The number of carboxylic acids is 1. The fourth-order valence-corrected chi connectivity index (χ4v) is 2.37. The topological polar surface area (TPSA) is 63.3 Å². The number of fused-ring (bicyclic) bond motifs is 1. The van der Waals surface area contributed by atoms with Crippen molar-refractivity contribution < 1.29 is 14.4 Å². The molecule has 1 N–H and O–H groups in total. The van der Waals surface area contributed by atoms with Gasteiger partial charge in [0.2, 0.25) is 0 Å². The number of hydrogen-bond donors (Lipinski definition) is 1. The summed E-state index contributed by atoms with van der Waals surface area (Å²) in [5.74, 6) is -0.499. The molecule has 1 aromatic heterocycles. The van der Waals surface area contributed by atoms with Gasteiger partial charge in [-0.15, -0.1) is 0 Å². The van der Waals surface area contributed by atoms with E-state index >= 15 is 0 Å². The molecule has 0 bridgehead atoms. The normalized spacial score (nSPS) is 23.5. The number of carbonyl (C=O) groups is 1. The van der Waals surface area contributed by atoms with Gasteiger partial charge < -0.3 is 9.63 Å². The van der Waals surface area contributed by atoms with Crippen molar-refractivity contribution in [3.05, 3.63) is 17.0 Å². The van der Waals surface area contributed by atoms with Gasteiger partial charge in [0.25, 0.3) is 0 Å². The number of aryl methyl sites for hydroxylation is 1. The lowest BCUT2D eigenvalue weighted by Gasteiger charge is -2.31. The predicted octanol–water partition coefficient (Wildman–Crippen LogP) is 2.12. The monoisotopic (exact) mass is 209 g/mol. The molecule has 0 amide bonds. The van der Waals surface area contributed by atoms with Crippen LogP contribution in [0.15, 0.2) is 4.52 Å². The first-order valence-electron chi connectivity index (χ1n) is 5.08. The van der Waals surface area contributed by atoms with Gasteiger partial charge in [-0.05, 0) is 18.8 Å². The number of aromatic nitrogens is 1. The van der Waals surface area contributed by atoms with Crippen LogP contribution >= 0.6 is 0 Å². The third-order valence-electron chi connectivity index (χ3n) is 3.03. The number of aliphatic carboxylic acids is 1. The molecule has 1 aliphatic carbocycles. The van der Waals surface area contributed by atoms with Gasteiger partial charge in [0.05, 0.1) is 11.6 Å². The fourth-order valence-electron chi connectivity index (χ4n) is 2.37. The van der Waals surface area contributed by atoms with Crippen molar-refractivity contribution in [1.29, 1.82) is 0 Å². The Hall–Kier alpha value is -1.32. The van der Waals surface area contributed by atoms with E-state index in [9.17, 15) is 9.90 Å². The van der Waals surface area contributed by atoms with E-state index in [1.54, 1.807) is 6.92 Å². The highest BCUT2D eigenvalue weighted by Gasteiger charge is 2.39. The van der Waals surface area contributed by atoms with Crippen LogP contribution in [-0.2, 0) is 11.2 Å². The molecule has 0 aromatic carbocycles. The third kappa shape index (κ3) is 1.64. The van der Waals surface area contributed by atoms with Crippen LogP contribution in [0.25, 0.3) is 0 Å². The van der Waals surface area contributed by atoms with E-state index in [4.69, 9.17) is 4.52 Å². The number of rotatable bonds is 1. The molecule has 1 aromatic rings. The maximum Gasteiger partial charge on any atom is 0.311 e. The van der Waals surface area contributed by atoms with Crippen molar-refractivity contribution in [2.75, 3.05) is 0 Å². The van der Waals surface area contributed by atoms with E-state index in [0.717, 1.165) is 17.7 Å². The van der Waals surface area contributed by atoms with E-state index < -0.39 is 11.9 Å². The fraction of sp³-hybridized carbons (Fsp3) is 0.636. The van der Waals surface area contributed by atoms with Gasteiger partial charge in [0, 0.05) is 12.0 Å². The van der Waals surface area contributed by atoms with Crippen LogP contribution in [0.3, 0.4) is 0 Å². The largest absolute Gasteiger partial charge is 0.481 e. The Morgan fingerprint density at radius 2 is 2.27 bits per heavy atom. The molecular weight excluding hydrogens is 194 g/mol. The van der Waals surface area contributed by atoms with Crippen molar-refractivity contribution in [2.45, 2.75) is 39.5 Å². The molecule has 2 rings (SSSR count). The molecule has 1 heterocycles. The Balaban J connectivity index is 2.50. The van der Waals surface area contributed by atoms with E-state index in [0.29, 0.717) is 12.1 Å². The second-order valence-corrected chi connectivity index (χ2v) is 5.04.